The van der Waals surface area contributed by atoms with Gasteiger partial charge in [0.05, 0.1) is 16.1 Å². The molecule has 24 heavy (non-hydrogen) atoms. The SMILES string of the molecule is CCc1nc(NC(=O)c2cc(Br)ccc2O)sc1-c1ccccc1. The van der Waals surface area contributed by atoms with Gasteiger partial charge in [-0.25, -0.2) is 4.98 Å². The average molecular weight is 403 g/mol. The monoisotopic (exact) mass is 402 g/mol. The number of phenolic OH excluding ortho intramolecular Hbond substituents is 1. The van der Waals surface area contributed by atoms with Gasteiger partial charge in [0.2, 0.25) is 0 Å². The normalized spacial score (nSPS) is 10.6. The number of aromatic nitrogens is 1. The topological polar surface area (TPSA) is 62.2 Å². The molecule has 4 nitrogen and oxygen atoms in total. The van der Waals surface area contributed by atoms with Crippen LogP contribution < -0.4 is 5.32 Å². The van der Waals surface area contributed by atoms with E-state index in [1.54, 1.807) is 12.1 Å². The van der Waals surface area contributed by atoms with Crippen LogP contribution in [0.25, 0.3) is 10.4 Å². The number of benzene rings is 2. The van der Waals surface area contributed by atoms with Crippen LogP contribution in [-0.2, 0) is 6.42 Å². The maximum Gasteiger partial charge on any atom is 0.261 e. The predicted octanol–water partition coefficient (Wildman–Crippen LogP) is 5.09. The molecular weight excluding hydrogens is 388 g/mol. The second-order valence-corrected chi connectivity index (χ2v) is 7.04. The van der Waals surface area contributed by atoms with E-state index in [4.69, 9.17) is 0 Å². The van der Waals surface area contributed by atoms with E-state index in [9.17, 15) is 9.90 Å². The molecule has 6 heteroatoms. The van der Waals surface area contributed by atoms with Crippen molar-refractivity contribution in [3.63, 3.8) is 0 Å². The van der Waals surface area contributed by atoms with Crippen LogP contribution in [0.3, 0.4) is 0 Å². The van der Waals surface area contributed by atoms with Crippen LogP contribution in [-0.4, -0.2) is 16.0 Å². The Labute approximate surface area is 152 Å². The van der Waals surface area contributed by atoms with Crippen molar-refractivity contribution in [1.29, 1.82) is 0 Å². The van der Waals surface area contributed by atoms with Crippen LogP contribution in [0, 0.1) is 0 Å². The lowest BCUT2D eigenvalue weighted by Gasteiger charge is -2.04. The first-order valence-corrected chi connectivity index (χ1v) is 9.04. The Bertz CT molecular complexity index is 878. The molecule has 0 aliphatic carbocycles. The molecular formula is C18H15BrN2O2S. The van der Waals surface area contributed by atoms with Crippen LogP contribution >= 0.6 is 27.3 Å². The first kappa shape index (κ1) is 16.7. The number of carbonyl (C=O) groups excluding carboxylic acids is 1. The van der Waals surface area contributed by atoms with Gasteiger partial charge in [0, 0.05) is 4.47 Å². The number of nitrogens with one attached hydrogen (secondary N) is 1. The number of aryl methyl sites for hydroxylation is 1. The molecule has 0 bridgehead atoms. The van der Waals surface area contributed by atoms with Crippen LogP contribution in [0.1, 0.15) is 23.0 Å². The lowest BCUT2D eigenvalue weighted by atomic mass is 10.1. The molecule has 0 radical (unpaired) electrons. The van der Waals surface area contributed by atoms with E-state index in [-0.39, 0.29) is 17.2 Å². The molecule has 1 amide bonds. The first-order chi connectivity index (χ1) is 11.6. The van der Waals surface area contributed by atoms with Gasteiger partial charge in [-0.1, -0.05) is 64.5 Å². The molecule has 1 aromatic heterocycles. The third kappa shape index (κ3) is 3.49. The molecule has 1 heterocycles. The summed E-state index contributed by atoms with van der Waals surface area (Å²) in [4.78, 5) is 18.0. The van der Waals surface area contributed by atoms with Crippen molar-refractivity contribution in [1.82, 2.24) is 4.98 Å². The maximum absolute atomic E-state index is 12.4. The molecule has 0 aliphatic heterocycles. The molecule has 2 N–H and O–H groups in total. The highest BCUT2D eigenvalue weighted by molar-refractivity contribution is 9.10. The molecule has 0 atom stereocenters. The summed E-state index contributed by atoms with van der Waals surface area (Å²) in [6.45, 7) is 2.03. The summed E-state index contributed by atoms with van der Waals surface area (Å²) >= 11 is 4.74. The van der Waals surface area contributed by atoms with E-state index in [1.165, 1.54) is 17.4 Å². The molecule has 0 aliphatic rings. The predicted molar refractivity (Wildman–Crippen MR) is 101 cm³/mol. The van der Waals surface area contributed by atoms with E-state index >= 15 is 0 Å². The number of carbonyl (C=O) groups is 1. The summed E-state index contributed by atoms with van der Waals surface area (Å²) in [5.74, 6) is -0.448. The Morgan fingerprint density at radius 2 is 2.00 bits per heavy atom. The number of phenols is 1. The molecule has 0 saturated heterocycles. The fourth-order valence-corrected chi connectivity index (χ4v) is 3.73. The van der Waals surface area contributed by atoms with E-state index in [2.05, 4.69) is 26.2 Å². The van der Waals surface area contributed by atoms with Crippen molar-refractivity contribution in [3.05, 3.63) is 64.3 Å². The third-order valence-corrected chi connectivity index (χ3v) is 5.05. The zero-order chi connectivity index (χ0) is 17.1. The van der Waals surface area contributed by atoms with E-state index in [0.717, 1.165) is 27.0 Å². The van der Waals surface area contributed by atoms with Crippen molar-refractivity contribution >= 4 is 38.3 Å². The van der Waals surface area contributed by atoms with Gasteiger partial charge >= 0.3 is 0 Å². The smallest absolute Gasteiger partial charge is 0.261 e. The van der Waals surface area contributed by atoms with E-state index in [0.29, 0.717) is 5.13 Å². The van der Waals surface area contributed by atoms with Crippen LogP contribution in [0.4, 0.5) is 5.13 Å². The number of thiazole rings is 1. The van der Waals surface area contributed by atoms with E-state index in [1.807, 2.05) is 37.3 Å². The van der Waals surface area contributed by atoms with Crippen molar-refractivity contribution < 1.29 is 9.90 Å². The molecule has 0 unspecified atom stereocenters. The quantitative estimate of drug-likeness (QED) is 0.638. The highest BCUT2D eigenvalue weighted by atomic mass is 79.9. The number of aromatic hydroxyl groups is 1. The van der Waals surface area contributed by atoms with Gasteiger partial charge in [-0.2, -0.15) is 0 Å². The molecule has 3 aromatic rings. The Hall–Kier alpha value is -2.18. The maximum atomic E-state index is 12.4. The summed E-state index contributed by atoms with van der Waals surface area (Å²) in [5.41, 5.74) is 2.23. The van der Waals surface area contributed by atoms with Crippen LogP contribution in [0.2, 0.25) is 0 Å². The van der Waals surface area contributed by atoms with Crippen molar-refractivity contribution in [2.75, 3.05) is 5.32 Å². The molecule has 0 spiro atoms. The summed E-state index contributed by atoms with van der Waals surface area (Å²) in [5, 5.41) is 13.2. The summed E-state index contributed by atoms with van der Waals surface area (Å²) in [6, 6.07) is 14.7. The lowest BCUT2D eigenvalue weighted by Crippen LogP contribution is -2.12. The number of anilines is 1. The minimum absolute atomic E-state index is 0.0637. The van der Waals surface area contributed by atoms with Gasteiger partial charge in [0.25, 0.3) is 5.91 Å². The number of halogens is 1. The van der Waals surface area contributed by atoms with Crippen molar-refractivity contribution in [2.45, 2.75) is 13.3 Å². The minimum atomic E-state index is -0.384. The Morgan fingerprint density at radius 1 is 1.25 bits per heavy atom. The second kappa shape index (κ2) is 7.15. The largest absolute Gasteiger partial charge is 0.507 e. The fraction of sp³-hybridized carbons (Fsp3) is 0.111. The van der Waals surface area contributed by atoms with E-state index < -0.39 is 0 Å². The second-order valence-electron chi connectivity index (χ2n) is 5.13. The zero-order valence-electron chi connectivity index (χ0n) is 12.9. The Morgan fingerprint density at radius 3 is 2.71 bits per heavy atom. The zero-order valence-corrected chi connectivity index (χ0v) is 15.3. The molecule has 0 saturated carbocycles. The molecule has 3 rings (SSSR count). The Balaban J connectivity index is 1.90. The molecule has 2 aromatic carbocycles. The van der Waals surface area contributed by atoms with Gasteiger partial charge in [0.15, 0.2) is 5.13 Å². The number of hydrogen-bond acceptors (Lipinski definition) is 4. The van der Waals surface area contributed by atoms with Gasteiger partial charge in [-0.05, 0) is 30.2 Å². The average Bonchev–Trinajstić information content (AvgIpc) is 3.00. The highest BCUT2D eigenvalue weighted by Gasteiger charge is 2.16. The van der Waals surface area contributed by atoms with Gasteiger partial charge in [-0.15, -0.1) is 0 Å². The van der Waals surface area contributed by atoms with Gasteiger partial charge in [0.1, 0.15) is 5.75 Å². The van der Waals surface area contributed by atoms with Gasteiger partial charge < -0.3 is 5.11 Å². The number of nitrogens with zero attached hydrogens (tertiary/aromatic N) is 1. The fourth-order valence-electron chi connectivity index (χ4n) is 2.31. The summed E-state index contributed by atoms with van der Waals surface area (Å²) < 4.78 is 0.726. The van der Waals surface area contributed by atoms with Gasteiger partial charge in [-0.3, -0.25) is 10.1 Å². The number of amides is 1. The van der Waals surface area contributed by atoms with Crippen molar-refractivity contribution in [3.8, 4) is 16.2 Å². The highest BCUT2D eigenvalue weighted by Crippen LogP contribution is 2.34. The molecule has 0 fully saturated rings. The van der Waals surface area contributed by atoms with Crippen LogP contribution in [0.15, 0.2) is 53.0 Å². The number of hydrogen-bond donors (Lipinski definition) is 2. The van der Waals surface area contributed by atoms with Crippen molar-refractivity contribution in [2.24, 2.45) is 0 Å². The van der Waals surface area contributed by atoms with Crippen LogP contribution in [0.5, 0.6) is 5.75 Å². The molecule has 122 valence electrons. The first-order valence-electron chi connectivity index (χ1n) is 7.43. The summed E-state index contributed by atoms with van der Waals surface area (Å²) in [7, 11) is 0. The minimum Gasteiger partial charge on any atom is -0.507 e. The lowest BCUT2D eigenvalue weighted by molar-refractivity contribution is 0.102. The third-order valence-electron chi connectivity index (χ3n) is 3.49. The number of rotatable bonds is 4. The standard InChI is InChI=1S/C18H15BrN2O2S/c1-2-14-16(11-6-4-3-5-7-11)24-18(20-14)21-17(23)13-10-12(19)8-9-15(13)22/h3-10,22H,2H2,1H3,(H,20,21,23). The Kier molecular flexibility index (Phi) is 4.97. The summed E-state index contributed by atoms with van der Waals surface area (Å²) in [6.07, 6.45) is 0.777.